The highest BCUT2D eigenvalue weighted by molar-refractivity contribution is 7.89. The van der Waals surface area contributed by atoms with Crippen LogP contribution in [0.1, 0.15) is 5.56 Å². The smallest absolute Gasteiger partial charge is 0.241 e. The number of nitrogens with one attached hydrogen (secondary N) is 3. The van der Waals surface area contributed by atoms with E-state index in [0.717, 1.165) is 12.1 Å². The van der Waals surface area contributed by atoms with Crippen LogP contribution in [0.25, 0.3) is 0 Å². The number of hydrogen-bond acceptors (Lipinski definition) is 4. The third-order valence-corrected chi connectivity index (χ3v) is 5.04. The van der Waals surface area contributed by atoms with Gasteiger partial charge in [-0.25, -0.2) is 21.9 Å². The molecule has 0 saturated carbocycles. The molecule has 0 bridgehead atoms. The Labute approximate surface area is 147 Å². The van der Waals surface area contributed by atoms with Crippen molar-refractivity contribution in [2.24, 2.45) is 0 Å². The number of carbonyl (C=O) groups excluding carboxylic acids is 2. The average Bonchev–Trinajstić information content (AvgIpc) is 2.95. The van der Waals surface area contributed by atoms with Gasteiger partial charge in [0.05, 0.1) is 23.5 Å². The molecule has 0 spiro atoms. The second-order valence-corrected chi connectivity index (χ2v) is 7.31. The zero-order chi connectivity index (χ0) is 18.9. The molecule has 0 aliphatic carbocycles. The minimum absolute atomic E-state index is 0.0724. The molecular weight excluding hydrogens is 368 g/mol. The van der Waals surface area contributed by atoms with Crippen molar-refractivity contribution in [1.82, 2.24) is 4.72 Å². The van der Waals surface area contributed by atoms with E-state index in [1.54, 1.807) is 0 Å². The fourth-order valence-electron chi connectivity index (χ4n) is 2.40. The number of hydrogen-bond donors (Lipinski definition) is 3. The number of anilines is 2. The summed E-state index contributed by atoms with van der Waals surface area (Å²) >= 11 is 0. The minimum atomic E-state index is -4.01. The van der Waals surface area contributed by atoms with Gasteiger partial charge in [0.2, 0.25) is 21.8 Å². The molecular formula is C16H13F2N3O4S. The molecule has 0 atom stereocenters. The van der Waals surface area contributed by atoms with Crippen molar-refractivity contribution in [3.8, 4) is 0 Å². The Morgan fingerprint density at radius 1 is 1.15 bits per heavy atom. The Hall–Kier alpha value is -2.85. The topological polar surface area (TPSA) is 104 Å². The quantitative estimate of drug-likeness (QED) is 0.728. The van der Waals surface area contributed by atoms with E-state index in [1.165, 1.54) is 18.2 Å². The van der Waals surface area contributed by atoms with Crippen LogP contribution >= 0.6 is 0 Å². The minimum Gasteiger partial charge on any atom is -0.326 e. The summed E-state index contributed by atoms with van der Waals surface area (Å²) in [5.74, 6) is -2.83. The van der Waals surface area contributed by atoms with Crippen LogP contribution in [0, 0.1) is 11.6 Å². The van der Waals surface area contributed by atoms with E-state index in [-0.39, 0.29) is 22.9 Å². The highest BCUT2D eigenvalue weighted by Crippen LogP contribution is 2.25. The van der Waals surface area contributed by atoms with E-state index in [4.69, 9.17) is 0 Å². The van der Waals surface area contributed by atoms with Gasteiger partial charge in [0.1, 0.15) is 11.6 Å². The summed E-state index contributed by atoms with van der Waals surface area (Å²) in [5, 5.41) is 4.73. The van der Waals surface area contributed by atoms with E-state index < -0.39 is 34.1 Å². The number of rotatable bonds is 5. The van der Waals surface area contributed by atoms with E-state index in [1.807, 2.05) is 0 Å². The summed E-state index contributed by atoms with van der Waals surface area (Å²) in [6.45, 7) is -0.645. The lowest BCUT2D eigenvalue weighted by Gasteiger charge is -2.09. The summed E-state index contributed by atoms with van der Waals surface area (Å²) in [4.78, 5) is 23.0. The highest BCUT2D eigenvalue weighted by atomic mass is 32.2. The van der Waals surface area contributed by atoms with Gasteiger partial charge in [0.15, 0.2) is 0 Å². The molecule has 136 valence electrons. The molecule has 1 aliphatic heterocycles. The highest BCUT2D eigenvalue weighted by Gasteiger charge is 2.22. The first-order chi connectivity index (χ1) is 12.2. The molecule has 7 nitrogen and oxygen atoms in total. The average molecular weight is 381 g/mol. The Morgan fingerprint density at radius 2 is 1.92 bits per heavy atom. The van der Waals surface area contributed by atoms with Crippen molar-refractivity contribution >= 4 is 33.2 Å². The molecule has 0 radical (unpaired) electrons. The lowest BCUT2D eigenvalue weighted by Crippen LogP contribution is -2.33. The zero-order valence-electron chi connectivity index (χ0n) is 13.2. The first-order valence-corrected chi connectivity index (χ1v) is 8.90. The molecule has 0 unspecified atom stereocenters. The van der Waals surface area contributed by atoms with Crippen molar-refractivity contribution < 1.29 is 26.8 Å². The van der Waals surface area contributed by atoms with Crippen molar-refractivity contribution in [3.63, 3.8) is 0 Å². The van der Waals surface area contributed by atoms with Crippen LogP contribution in [0.15, 0.2) is 41.3 Å². The van der Waals surface area contributed by atoms with Crippen molar-refractivity contribution in [3.05, 3.63) is 53.6 Å². The van der Waals surface area contributed by atoms with Gasteiger partial charge < -0.3 is 10.6 Å². The van der Waals surface area contributed by atoms with Crippen LogP contribution < -0.4 is 15.4 Å². The van der Waals surface area contributed by atoms with Crippen LogP contribution in [0.4, 0.5) is 20.2 Å². The SMILES string of the molecule is O=C(CNS(=O)(=O)c1ccc2c(c1)CC(=O)N2)Nc1ccc(F)cc1F. The van der Waals surface area contributed by atoms with Crippen LogP contribution in [0.2, 0.25) is 0 Å². The molecule has 26 heavy (non-hydrogen) atoms. The molecule has 2 aromatic rings. The summed E-state index contributed by atoms with van der Waals surface area (Å²) in [7, 11) is -4.01. The molecule has 1 heterocycles. The maximum absolute atomic E-state index is 13.5. The molecule has 3 N–H and O–H groups in total. The molecule has 2 aromatic carbocycles. The predicted molar refractivity (Wildman–Crippen MR) is 89.0 cm³/mol. The number of sulfonamides is 1. The molecule has 0 fully saturated rings. The second-order valence-electron chi connectivity index (χ2n) is 5.54. The van der Waals surface area contributed by atoms with Crippen molar-refractivity contribution in [2.75, 3.05) is 17.2 Å². The van der Waals surface area contributed by atoms with Gasteiger partial charge >= 0.3 is 0 Å². The number of benzene rings is 2. The fraction of sp³-hybridized carbons (Fsp3) is 0.125. The summed E-state index contributed by atoms with van der Waals surface area (Å²) < 4.78 is 52.9. The third-order valence-electron chi connectivity index (χ3n) is 3.64. The lowest BCUT2D eigenvalue weighted by atomic mass is 10.2. The number of carbonyl (C=O) groups is 2. The molecule has 2 amide bonds. The first kappa shape index (κ1) is 18.0. The van der Waals surface area contributed by atoms with Gasteiger partial charge in [0.25, 0.3) is 0 Å². The van der Waals surface area contributed by atoms with Gasteiger partial charge in [-0.1, -0.05) is 0 Å². The molecule has 10 heteroatoms. The van der Waals surface area contributed by atoms with E-state index >= 15 is 0 Å². The number of fused-ring (bicyclic) bond motifs is 1. The molecule has 0 aromatic heterocycles. The number of halogens is 2. The third kappa shape index (κ3) is 3.86. The normalized spacial score (nSPS) is 13.2. The van der Waals surface area contributed by atoms with Crippen LogP contribution in [-0.4, -0.2) is 26.8 Å². The monoisotopic (exact) mass is 381 g/mol. The van der Waals surface area contributed by atoms with Gasteiger partial charge in [-0.05, 0) is 35.9 Å². The Kier molecular flexibility index (Phi) is 4.70. The lowest BCUT2D eigenvalue weighted by molar-refractivity contribution is -0.115. The summed E-state index contributed by atoms with van der Waals surface area (Å²) in [6.07, 6.45) is 0.0724. The van der Waals surface area contributed by atoms with Gasteiger partial charge in [-0.15, -0.1) is 0 Å². The fourth-order valence-corrected chi connectivity index (χ4v) is 3.43. The van der Waals surface area contributed by atoms with Gasteiger partial charge in [-0.3, -0.25) is 9.59 Å². The molecule has 0 saturated heterocycles. The van der Waals surface area contributed by atoms with Gasteiger partial charge in [-0.2, -0.15) is 0 Å². The summed E-state index contributed by atoms with van der Waals surface area (Å²) in [5.41, 5.74) is 0.812. The van der Waals surface area contributed by atoms with E-state index in [0.29, 0.717) is 17.3 Å². The van der Waals surface area contributed by atoms with Crippen LogP contribution in [0.5, 0.6) is 0 Å². The van der Waals surface area contributed by atoms with Crippen molar-refractivity contribution in [2.45, 2.75) is 11.3 Å². The maximum Gasteiger partial charge on any atom is 0.241 e. The van der Waals surface area contributed by atoms with E-state index in [2.05, 4.69) is 15.4 Å². The van der Waals surface area contributed by atoms with Gasteiger partial charge in [0, 0.05) is 11.8 Å². The Balaban J connectivity index is 1.66. The van der Waals surface area contributed by atoms with E-state index in [9.17, 15) is 26.8 Å². The second kappa shape index (κ2) is 6.81. The largest absolute Gasteiger partial charge is 0.326 e. The Bertz CT molecular complexity index is 1010. The zero-order valence-corrected chi connectivity index (χ0v) is 14.0. The Morgan fingerprint density at radius 3 is 2.65 bits per heavy atom. The van der Waals surface area contributed by atoms with Crippen molar-refractivity contribution in [1.29, 1.82) is 0 Å². The predicted octanol–water partition coefficient (Wildman–Crippen LogP) is 1.38. The maximum atomic E-state index is 13.5. The van der Waals surface area contributed by atoms with Crippen LogP contribution in [0.3, 0.4) is 0 Å². The summed E-state index contributed by atoms with van der Waals surface area (Å²) in [6, 6.07) is 6.68. The number of amides is 2. The molecule has 3 rings (SSSR count). The first-order valence-electron chi connectivity index (χ1n) is 7.42. The van der Waals surface area contributed by atoms with Crippen LogP contribution in [-0.2, 0) is 26.0 Å². The molecule has 1 aliphatic rings. The standard InChI is InChI=1S/C16H13F2N3O4S/c17-10-1-3-14(12(18)7-10)21-16(23)8-19-26(24,25)11-2-4-13-9(5-11)6-15(22)20-13/h1-5,7,19H,6,8H2,(H,20,22)(H,21,23).